The van der Waals surface area contributed by atoms with Crippen LogP contribution in [0.2, 0.25) is 0 Å². The fourth-order valence-electron chi connectivity index (χ4n) is 3.67. The van der Waals surface area contributed by atoms with Gasteiger partial charge in [0.15, 0.2) is 0 Å². The lowest BCUT2D eigenvalue weighted by Crippen LogP contribution is -2.39. The maximum atomic E-state index is 12.0. The Morgan fingerprint density at radius 1 is 1.32 bits per heavy atom. The lowest BCUT2D eigenvalue weighted by molar-refractivity contribution is 0.0172. The van der Waals surface area contributed by atoms with Crippen molar-refractivity contribution in [2.45, 2.75) is 64.2 Å². The summed E-state index contributed by atoms with van der Waals surface area (Å²) in [5.74, 6) is 0.508. The second-order valence-corrected chi connectivity index (χ2v) is 9.35. The van der Waals surface area contributed by atoms with Crippen molar-refractivity contribution >= 4 is 8.25 Å². The molecular weight excluding hydrogens is 339 g/mol. The first-order chi connectivity index (χ1) is 11.7. The molecule has 146 valence electrons. The Morgan fingerprint density at radius 2 is 2.04 bits per heavy atom. The Bertz CT molecular complexity index is 490. The van der Waals surface area contributed by atoms with Crippen molar-refractivity contribution in [3.63, 3.8) is 0 Å². The van der Waals surface area contributed by atoms with Gasteiger partial charge in [-0.15, -0.1) is 0 Å². The van der Waals surface area contributed by atoms with Crippen molar-refractivity contribution in [2.24, 2.45) is 5.92 Å². The molecule has 0 spiro atoms. The molecule has 1 aliphatic heterocycles. The molecule has 1 fully saturated rings. The lowest BCUT2D eigenvalue weighted by Gasteiger charge is -2.37. The zero-order valence-corrected chi connectivity index (χ0v) is 17.6. The summed E-state index contributed by atoms with van der Waals surface area (Å²) in [5.41, 5.74) is 1.01. The monoisotopic (exact) mass is 374 g/mol. The summed E-state index contributed by atoms with van der Waals surface area (Å²) >= 11 is 0. The van der Waals surface area contributed by atoms with Crippen molar-refractivity contribution in [3.05, 3.63) is 11.8 Å². The molecule has 2 rings (SSSR count). The van der Waals surface area contributed by atoms with Gasteiger partial charge >= 0.3 is 8.25 Å². The smallest absolute Gasteiger partial charge is 0.321 e. The SMILES string of the molecule is COC1CCC2C(C1)C(CCN(C)C)=CN2CO[PH](=O)OC(C)(C)C. The third kappa shape index (κ3) is 6.37. The van der Waals surface area contributed by atoms with Crippen LogP contribution in [0.15, 0.2) is 11.8 Å². The first kappa shape index (κ1) is 20.9. The molecule has 0 aromatic heterocycles. The van der Waals surface area contributed by atoms with Gasteiger partial charge in [-0.1, -0.05) is 0 Å². The topological polar surface area (TPSA) is 51.2 Å². The molecule has 0 aromatic rings. The van der Waals surface area contributed by atoms with Gasteiger partial charge in [-0.2, -0.15) is 0 Å². The van der Waals surface area contributed by atoms with Gasteiger partial charge in [0.25, 0.3) is 0 Å². The van der Waals surface area contributed by atoms with Crippen molar-refractivity contribution < 1.29 is 18.3 Å². The van der Waals surface area contributed by atoms with E-state index in [-0.39, 0.29) is 0 Å². The van der Waals surface area contributed by atoms with Gasteiger partial charge in [0.2, 0.25) is 0 Å². The summed E-state index contributed by atoms with van der Waals surface area (Å²) in [4.78, 5) is 4.43. The van der Waals surface area contributed by atoms with Gasteiger partial charge in [-0.05, 0) is 66.1 Å². The predicted molar refractivity (Wildman–Crippen MR) is 101 cm³/mol. The molecule has 1 aliphatic carbocycles. The van der Waals surface area contributed by atoms with Crippen LogP contribution < -0.4 is 0 Å². The van der Waals surface area contributed by atoms with E-state index < -0.39 is 13.9 Å². The number of hydrogen-bond acceptors (Lipinski definition) is 6. The van der Waals surface area contributed by atoms with E-state index in [1.807, 2.05) is 20.8 Å². The average Bonchev–Trinajstić information content (AvgIpc) is 2.86. The number of nitrogens with zero attached hydrogens (tertiary/aromatic N) is 2. The Hall–Kier alpha value is -0.390. The minimum Gasteiger partial charge on any atom is -0.381 e. The van der Waals surface area contributed by atoms with Crippen LogP contribution in [0.25, 0.3) is 0 Å². The van der Waals surface area contributed by atoms with E-state index in [4.69, 9.17) is 13.8 Å². The highest BCUT2D eigenvalue weighted by molar-refractivity contribution is 7.33. The summed E-state index contributed by atoms with van der Waals surface area (Å²) < 4.78 is 28.6. The van der Waals surface area contributed by atoms with E-state index >= 15 is 0 Å². The molecular formula is C18H35N2O4P. The molecule has 2 aliphatic rings. The van der Waals surface area contributed by atoms with Crippen LogP contribution in [0.3, 0.4) is 0 Å². The molecule has 0 bridgehead atoms. The summed E-state index contributed by atoms with van der Waals surface area (Å²) in [5, 5.41) is 0. The van der Waals surface area contributed by atoms with E-state index in [1.54, 1.807) is 7.11 Å². The molecule has 4 atom stereocenters. The number of rotatable bonds is 8. The second-order valence-electron chi connectivity index (χ2n) is 8.35. The van der Waals surface area contributed by atoms with Crippen LogP contribution in [0.5, 0.6) is 0 Å². The second kappa shape index (κ2) is 9.01. The largest absolute Gasteiger partial charge is 0.381 e. The highest BCUT2D eigenvalue weighted by Crippen LogP contribution is 2.42. The first-order valence-electron chi connectivity index (χ1n) is 9.19. The molecule has 25 heavy (non-hydrogen) atoms. The van der Waals surface area contributed by atoms with Crippen LogP contribution in [0.4, 0.5) is 0 Å². The maximum absolute atomic E-state index is 12.0. The maximum Gasteiger partial charge on any atom is 0.321 e. The summed E-state index contributed by atoms with van der Waals surface area (Å²) in [6, 6.07) is 0.424. The van der Waals surface area contributed by atoms with Crippen LogP contribution in [0, 0.1) is 5.92 Å². The number of ether oxygens (including phenoxy) is 1. The quantitative estimate of drug-likeness (QED) is 0.606. The summed E-state index contributed by atoms with van der Waals surface area (Å²) in [7, 11) is 3.52. The Morgan fingerprint density at radius 3 is 2.64 bits per heavy atom. The van der Waals surface area contributed by atoms with Crippen LogP contribution in [0.1, 0.15) is 46.5 Å². The van der Waals surface area contributed by atoms with Crippen LogP contribution in [-0.2, 0) is 18.3 Å². The third-order valence-corrected chi connectivity index (χ3v) is 6.05. The molecule has 0 N–H and O–H groups in total. The van der Waals surface area contributed by atoms with E-state index in [1.165, 1.54) is 5.57 Å². The fourth-order valence-corrected chi connectivity index (χ4v) is 4.49. The van der Waals surface area contributed by atoms with E-state index in [0.717, 1.165) is 32.2 Å². The molecule has 7 heteroatoms. The zero-order chi connectivity index (χ0) is 18.6. The van der Waals surface area contributed by atoms with E-state index in [9.17, 15) is 4.57 Å². The number of methoxy groups -OCH3 is 1. The Kier molecular flexibility index (Phi) is 7.53. The summed E-state index contributed by atoms with van der Waals surface area (Å²) in [6.07, 6.45) is 6.82. The average molecular weight is 374 g/mol. The van der Waals surface area contributed by atoms with Crippen molar-refractivity contribution in [1.82, 2.24) is 9.80 Å². The van der Waals surface area contributed by atoms with Crippen molar-refractivity contribution in [1.29, 1.82) is 0 Å². The van der Waals surface area contributed by atoms with Crippen molar-refractivity contribution in [2.75, 3.05) is 34.5 Å². The third-order valence-electron chi connectivity index (χ3n) is 4.90. The normalized spacial score (nSPS) is 28.2. The molecule has 1 saturated carbocycles. The Labute approximate surface area is 153 Å². The Balaban J connectivity index is 1.98. The molecule has 1 heterocycles. The zero-order valence-electron chi connectivity index (χ0n) is 16.6. The molecule has 4 unspecified atom stereocenters. The molecule has 0 saturated heterocycles. The predicted octanol–water partition coefficient (Wildman–Crippen LogP) is 3.50. The molecule has 0 radical (unpaired) electrons. The fraction of sp³-hybridized carbons (Fsp3) is 0.889. The summed E-state index contributed by atoms with van der Waals surface area (Å²) in [6.45, 7) is 7.02. The van der Waals surface area contributed by atoms with E-state index in [2.05, 4.69) is 30.1 Å². The van der Waals surface area contributed by atoms with Gasteiger partial charge in [-0.3, -0.25) is 9.09 Å². The van der Waals surface area contributed by atoms with Gasteiger partial charge in [-0.25, -0.2) is 0 Å². The van der Waals surface area contributed by atoms with Gasteiger partial charge in [0.1, 0.15) is 6.73 Å². The molecule has 0 aromatic carbocycles. The van der Waals surface area contributed by atoms with E-state index in [0.29, 0.717) is 24.8 Å². The van der Waals surface area contributed by atoms with Gasteiger partial charge < -0.3 is 19.1 Å². The highest BCUT2D eigenvalue weighted by Gasteiger charge is 2.40. The molecule has 0 amide bonds. The van der Waals surface area contributed by atoms with Crippen molar-refractivity contribution in [3.8, 4) is 0 Å². The number of hydrogen-bond donors (Lipinski definition) is 0. The molecule has 6 nitrogen and oxygen atoms in total. The minimum atomic E-state index is -2.48. The van der Waals surface area contributed by atoms with Gasteiger partial charge in [0.05, 0.1) is 11.7 Å². The highest BCUT2D eigenvalue weighted by atomic mass is 31.1. The number of fused-ring (bicyclic) bond motifs is 1. The standard InChI is InChI=1S/C18H35N2O4P/c1-18(2,3)24-25(21)23-13-20-12-14(9-10-19(4)5)16-11-15(22-6)7-8-17(16)20/h12,15-17,25H,7-11,13H2,1-6H3. The van der Waals surface area contributed by atoms with Crippen LogP contribution in [-0.4, -0.2) is 62.0 Å². The van der Waals surface area contributed by atoms with Crippen LogP contribution >= 0.6 is 8.25 Å². The van der Waals surface area contributed by atoms with Gasteiger partial charge in [0, 0.05) is 31.8 Å². The first-order valence-corrected chi connectivity index (χ1v) is 10.4. The lowest BCUT2D eigenvalue weighted by atomic mass is 9.79. The minimum absolute atomic E-state index is 0.332.